The smallest absolute Gasteiger partial charge is 0.247 e. The third-order valence-corrected chi connectivity index (χ3v) is 5.61. The number of fused-ring (bicyclic) bond motifs is 2. The predicted octanol–water partition coefficient (Wildman–Crippen LogP) is 5.82. The first-order valence-corrected chi connectivity index (χ1v) is 11.1. The summed E-state index contributed by atoms with van der Waals surface area (Å²) < 4.78 is 16.8. The Morgan fingerprint density at radius 1 is 1.06 bits per heavy atom. The second-order valence-corrected chi connectivity index (χ2v) is 7.93. The minimum atomic E-state index is -0.302. The van der Waals surface area contributed by atoms with Gasteiger partial charge in [0.15, 0.2) is 17.1 Å². The minimum absolute atomic E-state index is 0. The van der Waals surface area contributed by atoms with Crippen LogP contribution in [0, 0.1) is 0 Å². The lowest BCUT2D eigenvalue weighted by atomic mass is 10.1. The first kappa shape index (κ1) is 21.4. The normalized spacial score (nSPS) is 11.9. The van der Waals surface area contributed by atoms with Crippen LogP contribution in [-0.2, 0) is 4.79 Å². The van der Waals surface area contributed by atoms with Crippen LogP contribution in [0.15, 0.2) is 85.8 Å². The maximum atomic E-state index is 11.6. The highest BCUT2D eigenvalue weighted by Gasteiger charge is 2.15. The van der Waals surface area contributed by atoms with Crippen molar-refractivity contribution >= 4 is 22.8 Å². The summed E-state index contributed by atoms with van der Waals surface area (Å²) in [5, 5.41) is 2.70. The molecule has 2 aromatic carbocycles. The molecule has 0 atom stereocenters. The number of ether oxygens (including phenoxy) is 3. The van der Waals surface area contributed by atoms with Crippen molar-refractivity contribution < 1.29 is 21.9 Å². The molecule has 4 heterocycles. The molecule has 9 nitrogen and oxygen atoms in total. The second kappa shape index (κ2) is 8.88. The average molecular weight is 482 g/mol. The number of amides is 1. The molecule has 5 aromatic rings. The number of benzene rings is 2. The van der Waals surface area contributed by atoms with Gasteiger partial charge in [0.1, 0.15) is 11.3 Å². The fourth-order valence-electron chi connectivity index (χ4n) is 3.88. The van der Waals surface area contributed by atoms with Crippen LogP contribution in [0.2, 0.25) is 0 Å². The van der Waals surface area contributed by atoms with E-state index in [-0.39, 0.29) is 15.6 Å². The summed E-state index contributed by atoms with van der Waals surface area (Å²) in [5.74, 6) is 1.98. The molecule has 1 aliphatic rings. The third kappa shape index (κ3) is 4.09. The van der Waals surface area contributed by atoms with Crippen LogP contribution in [0.3, 0.4) is 0 Å². The van der Waals surface area contributed by atoms with E-state index in [1.54, 1.807) is 36.7 Å². The third-order valence-electron chi connectivity index (χ3n) is 5.61. The highest BCUT2D eigenvalue weighted by molar-refractivity contribution is 5.99. The summed E-state index contributed by atoms with van der Waals surface area (Å²) in [6.45, 7) is 3.69. The van der Waals surface area contributed by atoms with Crippen LogP contribution in [0.5, 0.6) is 23.1 Å². The Morgan fingerprint density at radius 3 is 2.81 bits per heavy atom. The van der Waals surface area contributed by atoms with Crippen LogP contribution in [0.25, 0.3) is 33.5 Å². The molecule has 9 heteroatoms. The van der Waals surface area contributed by atoms with E-state index in [1.807, 2.05) is 36.5 Å². The fraction of sp³-hybridized carbons (Fsp3) is 0.0370. The lowest BCUT2D eigenvalue weighted by molar-refractivity contribution is -0.111. The van der Waals surface area contributed by atoms with Crippen molar-refractivity contribution in [1.29, 1.82) is 0 Å². The molecule has 3 aromatic heterocycles. The van der Waals surface area contributed by atoms with Crippen molar-refractivity contribution in [3.8, 4) is 45.5 Å². The quantitative estimate of drug-likeness (QED) is 0.294. The molecule has 0 spiro atoms. The highest BCUT2D eigenvalue weighted by atomic mass is 16.7. The zero-order chi connectivity index (χ0) is 24.5. The predicted molar refractivity (Wildman–Crippen MR) is 138 cm³/mol. The van der Waals surface area contributed by atoms with Gasteiger partial charge in [-0.25, -0.2) is 9.97 Å². The summed E-state index contributed by atoms with van der Waals surface area (Å²) in [5.41, 5.74) is 5.35. The molecule has 1 amide bonds. The Hall–Kier alpha value is -5.18. The first-order chi connectivity index (χ1) is 17.7. The van der Waals surface area contributed by atoms with Gasteiger partial charge >= 0.3 is 0 Å². The van der Waals surface area contributed by atoms with Gasteiger partial charge in [-0.3, -0.25) is 9.78 Å². The van der Waals surface area contributed by atoms with E-state index >= 15 is 0 Å². The molecule has 0 aliphatic carbocycles. The second-order valence-electron chi connectivity index (χ2n) is 7.93. The summed E-state index contributed by atoms with van der Waals surface area (Å²) in [6, 6.07) is 16.7. The van der Waals surface area contributed by atoms with Crippen LogP contribution in [0.1, 0.15) is 2.85 Å². The van der Waals surface area contributed by atoms with Gasteiger partial charge in [0.2, 0.25) is 18.6 Å². The van der Waals surface area contributed by atoms with E-state index in [0.29, 0.717) is 34.2 Å². The van der Waals surface area contributed by atoms with E-state index in [9.17, 15) is 4.79 Å². The molecular weight excluding hydrogens is 458 g/mol. The summed E-state index contributed by atoms with van der Waals surface area (Å²) in [6.07, 6.45) is 6.39. The lowest BCUT2D eigenvalue weighted by Gasteiger charge is -2.08. The minimum Gasteiger partial charge on any atom is -0.454 e. The lowest BCUT2D eigenvalue weighted by Crippen LogP contribution is -2.07. The molecule has 2 N–H and O–H groups in total. The average Bonchev–Trinajstić information content (AvgIpc) is 3.55. The van der Waals surface area contributed by atoms with Crippen molar-refractivity contribution in [2.75, 3.05) is 12.1 Å². The van der Waals surface area contributed by atoms with Gasteiger partial charge in [-0.1, -0.05) is 18.7 Å². The Morgan fingerprint density at radius 2 is 1.94 bits per heavy atom. The number of aromatic nitrogens is 4. The fourth-order valence-corrected chi connectivity index (χ4v) is 3.88. The SMILES string of the molecule is C=CC(=O)Nc1cccc(Oc2cnc3[nH]cc(-c4ccc(-c5ccc6c(c5)OCO6)nc4)c3n2)c1.[HH].[HH]. The Bertz CT molecular complexity index is 1620. The van der Waals surface area contributed by atoms with Crippen LogP contribution < -0.4 is 19.5 Å². The Balaban J connectivity index is 0.00000168. The van der Waals surface area contributed by atoms with E-state index in [1.165, 1.54) is 6.08 Å². The van der Waals surface area contributed by atoms with E-state index in [0.717, 1.165) is 28.1 Å². The number of carbonyl (C=O) groups excluding carboxylic acids is 1. The maximum absolute atomic E-state index is 11.6. The van der Waals surface area contributed by atoms with Crippen LogP contribution in [0.4, 0.5) is 5.69 Å². The van der Waals surface area contributed by atoms with E-state index in [4.69, 9.17) is 14.2 Å². The van der Waals surface area contributed by atoms with Gasteiger partial charge in [0.25, 0.3) is 0 Å². The number of aromatic amines is 1. The Labute approximate surface area is 208 Å². The number of H-pyrrole nitrogens is 1. The monoisotopic (exact) mass is 481 g/mol. The van der Waals surface area contributed by atoms with Crippen molar-refractivity contribution in [2.24, 2.45) is 0 Å². The first-order valence-electron chi connectivity index (χ1n) is 11.1. The van der Waals surface area contributed by atoms with Gasteiger partial charge in [-0.15, -0.1) is 0 Å². The molecule has 0 saturated carbocycles. The van der Waals surface area contributed by atoms with Gasteiger partial charge in [-0.2, -0.15) is 0 Å². The molecule has 180 valence electrons. The molecule has 0 radical (unpaired) electrons. The molecule has 6 rings (SSSR count). The topological polar surface area (TPSA) is 111 Å². The van der Waals surface area contributed by atoms with Gasteiger partial charge in [0.05, 0.1) is 11.9 Å². The number of pyridine rings is 1. The molecule has 0 unspecified atom stereocenters. The van der Waals surface area contributed by atoms with E-state index in [2.05, 4.69) is 31.8 Å². The number of hydrogen-bond acceptors (Lipinski definition) is 7. The molecule has 0 saturated heterocycles. The van der Waals surface area contributed by atoms with Crippen LogP contribution in [-0.4, -0.2) is 32.6 Å². The van der Waals surface area contributed by atoms with Crippen molar-refractivity contribution in [3.05, 3.63) is 85.8 Å². The number of rotatable bonds is 6. The standard InChI is InChI=1S/C27H19N5O4.2H2/c1-2-24(33)31-18-4-3-5-19(11-18)36-25-14-30-27-26(32-25)20(13-29-27)17-6-8-21(28-12-17)16-7-9-22-23(10-16)35-15-34-22;;/h2-14H,1,15H2,(H,29,30)(H,31,33);2*1H. The van der Waals surface area contributed by atoms with Gasteiger partial charge < -0.3 is 24.5 Å². The van der Waals surface area contributed by atoms with Gasteiger partial charge in [0, 0.05) is 43.7 Å². The van der Waals surface area contributed by atoms with E-state index < -0.39 is 0 Å². The highest BCUT2D eigenvalue weighted by Crippen LogP contribution is 2.36. The Kier molecular flexibility index (Phi) is 5.27. The maximum Gasteiger partial charge on any atom is 0.247 e. The van der Waals surface area contributed by atoms with Gasteiger partial charge in [-0.05, 0) is 42.5 Å². The summed E-state index contributed by atoms with van der Waals surface area (Å²) in [7, 11) is 0. The van der Waals surface area contributed by atoms with Crippen molar-refractivity contribution in [2.45, 2.75) is 0 Å². The molecule has 0 fully saturated rings. The zero-order valence-electron chi connectivity index (χ0n) is 18.9. The molecule has 0 bridgehead atoms. The summed E-state index contributed by atoms with van der Waals surface area (Å²) >= 11 is 0. The number of carbonyl (C=O) groups is 1. The zero-order valence-corrected chi connectivity index (χ0v) is 18.9. The van der Waals surface area contributed by atoms with Crippen molar-refractivity contribution in [1.82, 2.24) is 19.9 Å². The number of anilines is 1. The number of hydrogen-bond donors (Lipinski definition) is 2. The molecule has 36 heavy (non-hydrogen) atoms. The summed E-state index contributed by atoms with van der Waals surface area (Å²) in [4.78, 5) is 28.4. The molecular formula is C27H23N5O4. The van der Waals surface area contributed by atoms with Crippen molar-refractivity contribution in [3.63, 3.8) is 0 Å². The number of nitrogens with zero attached hydrogens (tertiary/aromatic N) is 3. The van der Waals surface area contributed by atoms with Crippen LogP contribution >= 0.6 is 0 Å². The number of nitrogens with one attached hydrogen (secondary N) is 2. The molecule has 1 aliphatic heterocycles. The largest absolute Gasteiger partial charge is 0.454 e.